The minimum absolute atomic E-state index is 0.0527. The van der Waals surface area contributed by atoms with Crippen molar-refractivity contribution in [1.29, 1.82) is 0 Å². The van der Waals surface area contributed by atoms with E-state index in [0.717, 1.165) is 0 Å². The number of alkyl halides is 1. The Bertz CT molecular complexity index is 1470. The summed E-state index contributed by atoms with van der Waals surface area (Å²) in [5, 5.41) is 28.3. The fourth-order valence-electron chi connectivity index (χ4n) is 8.44. The van der Waals surface area contributed by atoms with Crippen LogP contribution in [0.5, 0.6) is 0 Å². The lowest BCUT2D eigenvalue weighted by atomic mass is 9.45. The molecular formula is C33H41FN2O11. The number of ketones is 2. The van der Waals surface area contributed by atoms with Gasteiger partial charge in [0.05, 0.1) is 18.1 Å². The molecule has 256 valence electrons. The number of carbonyl (C=O) groups is 4. The summed E-state index contributed by atoms with van der Waals surface area (Å²) in [5.74, 6) is -2.75. The fourth-order valence-corrected chi connectivity index (χ4v) is 8.44. The molecule has 0 aromatic heterocycles. The number of Topliss-reactive ketones (excluding diaryl/α,β-unsaturated/α-hetero) is 1. The molecule has 3 saturated carbocycles. The lowest BCUT2D eigenvalue weighted by molar-refractivity contribution is -0.497. The number of aliphatic hydroxyl groups excluding tert-OH is 1. The molecule has 5 N–H and O–H groups in total. The highest BCUT2D eigenvalue weighted by molar-refractivity contribution is 6.01. The third-order valence-electron chi connectivity index (χ3n) is 10.8. The van der Waals surface area contributed by atoms with E-state index in [1.54, 1.807) is 37.3 Å². The molecule has 0 bridgehead atoms. The fraction of sp³-hybridized carbons (Fsp3) is 0.576. The number of hydrogen-bond donors (Lipinski definition) is 4. The Balaban J connectivity index is 1.11. The summed E-state index contributed by atoms with van der Waals surface area (Å²) in [4.78, 5) is 54.5. The first-order valence-electron chi connectivity index (χ1n) is 15.6. The highest BCUT2D eigenvalue weighted by atomic mass is 19.1. The van der Waals surface area contributed by atoms with Gasteiger partial charge in [0.2, 0.25) is 0 Å². The van der Waals surface area contributed by atoms with E-state index in [0.29, 0.717) is 42.4 Å². The smallest absolute Gasteiger partial charge is 0.456 e. The van der Waals surface area contributed by atoms with Gasteiger partial charge in [-0.15, -0.1) is 0 Å². The minimum atomic E-state index is -1.99. The van der Waals surface area contributed by atoms with E-state index >= 15 is 4.39 Å². The third kappa shape index (κ3) is 6.62. The number of nitrogens with zero attached hydrogens (tertiary/aromatic N) is 1. The summed E-state index contributed by atoms with van der Waals surface area (Å²) in [7, 11) is 0. The predicted octanol–water partition coefficient (Wildman–Crippen LogP) is 3.28. The number of nitrogens with two attached hydrogens (primary N) is 1. The van der Waals surface area contributed by atoms with Crippen LogP contribution in [0.1, 0.15) is 57.1 Å². The number of fused-ring (bicyclic) bond motifs is 5. The standard InChI is InChI=1S/C33H41FN2O11/c1-31-14-28(39)33(34)24(7-6-21-13-22(37)10-11-32(21,33)2)23(31)8-9-25(31)27(38)18-44-29(40)26(35)17-46-30(41)45-15-19-4-3-5-20(12-19)16-47-36(42)43/h3-5,10-13,23-26,28,39,42-43H,6-9,14-18,35H2,1-2H3/t23?,24-,25?,26?,28-,31-,32-,33?/m0/s1. The van der Waals surface area contributed by atoms with Gasteiger partial charge in [0.25, 0.3) is 0 Å². The van der Waals surface area contributed by atoms with Gasteiger partial charge in [0.15, 0.2) is 17.2 Å². The van der Waals surface area contributed by atoms with E-state index in [9.17, 15) is 24.3 Å². The van der Waals surface area contributed by atoms with Crippen molar-refractivity contribution in [3.05, 3.63) is 59.2 Å². The van der Waals surface area contributed by atoms with Crippen LogP contribution in [0.4, 0.5) is 9.18 Å². The van der Waals surface area contributed by atoms with Gasteiger partial charge in [-0.05, 0) is 73.6 Å². The van der Waals surface area contributed by atoms with Gasteiger partial charge in [-0.2, -0.15) is 0 Å². The molecule has 0 spiro atoms. The number of hydrogen-bond acceptors (Lipinski definition) is 13. The van der Waals surface area contributed by atoms with Gasteiger partial charge in [-0.1, -0.05) is 42.8 Å². The number of halogens is 1. The molecule has 1 aromatic carbocycles. The number of benzene rings is 1. The second kappa shape index (κ2) is 13.5. The number of esters is 1. The summed E-state index contributed by atoms with van der Waals surface area (Å²) in [5.41, 5.74) is 3.82. The van der Waals surface area contributed by atoms with Crippen LogP contribution >= 0.6 is 0 Å². The van der Waals surface area contributed by atoms with Crippen molar-refractivity contribution < 1.29 is 58.1 Å². The molecule has 0 aliphatic heterocycles. The van der Waals surface area contributed by atoms with Crippen LogP contribution in [0, 0.1) is 28.6 Å². The van der Waals surface area contributed by atoms with Crippen LogP contribution in [-0.4, -0.2) is 75.6 Å². The van der Waals surface area contributed by atoms with Crippen molar-refractivity contribution in [2.75, 3.05) is 13.2 Å². The van der Waals surface area contributed by atoms with Crippen LogP contribution in [-0.2, 0) is 46.6 Å². The van der Waals surface area contributed by atoms with Gasteiger partial charge in [0, 0.05) is 17.3 Å². The van der Waals surface area contributed by atoms with E-state index in [4.69, 9.17) is 30.4 Å². The van der Waals surface area contributed by atoms with Gasteiger partial charge in [-0.25, -0.2) is 14.0 Å². The maximum Gasteiger partial charge on any atom is 0.508 e. The molecule has 47 heavy (non-hydrogen) atoms. The maximum atomic E-state index is 17.2. The average Bonchev–Trinajstić information content (AvgIpc) is 3.37. The Labute approximate surface area is 270 Å². The molecule has 4 aliphatic carbocycles. The van der Waals surface area contributed by atoms with Crippen molar-refractivity contribution in [3.8, 4) is 0 Å². The van der Waals surface area contributed by atoms with Crippen LogP contribution in [0.3, 0.4) is 0 Å². The second-order valence-electron chi connectivity index (χ2n) is 13.4. The number of rotatable bonds is 11. The van der Waals surface area contributed by atoms with E-state index in [1.807, 2.05) is 6.92 Å². The minimum Gasteiger partial charge on any atom is -0.456 e. The number of aliphatic hydroxyl groups is 1. The third-order valence-corrected chi connectivity index (χ3v) is 10.8. The molecule has 8 atom stereocenters. The van der Waals surface area contributed by atoms with E-state index in [1.165, 1.54) is 12.2 Å². The van der Waals surface area contributed by atoms with Crippen LogP contribution in [0.2, 0.25) is 0 Å². The highest BCUT2D eigenvalue weighted by Crippen LogP contribution is 2.68. The molecule has 4 aliphatic rings. The van der Waals surface area contributed by atoms with Crippen molar-refractivity contribution in [2.24, 2.45) is 34.3 Å². The molecule has 13 nitrogen and oxygen atoms in total. The zero-order chi connectivity index (χ0) is 34.1. The largest absolute Gasteiger partial charge is 0.508 e. The first kappa shape index (κ1) is 34.8. The molecule has 4 unspecified atom stereocenters. The lowest BCUT2D eigenvalue weighted by Crippen LogP contribution is -2.66. The lowest BCUT2D eigenvalue weighted by Gasteiger charge is -2.62. The van der Waals surface area contributed by atoms with E-state index in [2.05, 4.69) is 4.84 Å². The summed E-state index contributed by atoms with van der Waals surface area (Å²) in [6.45, 7) is 2.19. The van der Waals surface area contributed by atoms with Crippen molar-refractivity contribution in [3.63, 3.8) is 0 Å². The quantitative estimate of drug-likeness (QED) is 0.200. The Morgan fingerprint density at radius 2 is 1.79 bits per heavy atom. The van der Waals surface area contributed by atoms with Gasteiger partial charge < -0.3 is 25.1 Å². The normalized spacial score (nSPS) is 33.3. The van der Waals surface area contributed by atoms with Crippen LogP contribution in [0.25, 0.3) is 0 Å². The molecule has 14 heteroatoms. The molecule has 0 saturated heterocycles. The first-order valence-corrected chi connectivity index (χ1v) is 15.6. The summed E-state index contributed by atoms with van der Waals surface area (Å²) >= 11 is 0. The summed E-state index contributed by atoms with van der Waals surface area (Å²) in [6, 6.07) is 5.18. The SMILES string of the molecule is C[C@]12C[C@H](O)C3(F)[C@@H](CCC4=CC(=O)C=C[C@@]43C)C1CCC2C(=O)COC(=O)C(N)COC(=O)OCc1cccc(CON(O)O)c1. The Morgan fingerprint density at radius 3 is 2.51 bits per heavy atom. The van der Waals surface area contributed by atoms with Crippen LogP contribution < -0.4 is 5.73 Å². The average molecular weight is 661 g/mol. The monoisotopic (exact) mass is 660 g/mol. The zero-order valence-corrected chi connectivity index (χ0v) is 26.3. The van der Waals surface area contributed by atoms with Gasteiger partial charge in [0.1, 0.15) is 25.9 Å². The Kier molecular flexibility index (Phi) is 10.0. The molecule has 3 fully saturated rings. The van der Waals surface area contributed by atoms with Crippen molar-refractivity contribution >= 4 is 23.7 Å². The van der Waals surface area contributed by atoms with E-state index in [-0.39, 0.29) is 37.1 Å². The molecule has 0 amide bonds. The molecule has 0 radical (unpaired) electrons. The predicted molar refractivity (Wildman–Crippen MR) is 159 cm³/mol. The van der Waals surface area contributed by atoms with Crippen LogP contribution in [0.15, 0.2) is 48.1 Å². The van der Waals surface area contributed by atoms with Gasteiger partial charge in [-0.3, -0.25) is 24.8 Å². The summed E-state index contributed by atoms with van der Waals surface area (Å²) < 4.78 is 32.3. The number of allylic oxidation sites excluding steroid dienone is 4. The van der Waals surface area contributed by atoms with Crippen molar-refractivity contribution in [2.45, 2.75) is 77.0 Å². The second-order valence-corrected chi connectivity index (χ2v) is 13.4. The van der Waals surface area contributed by atoms with E-state index < -0.39 is 71.2 Å². The summed E-state index contributed by atoms with van der Waals surface area (Å²) in [6.07, 6.45) is 4.07. The topological polar surface area (TPSA) is 195 Å². The number of ether oxygens (including phenoxy) is 3. The highest BCUT2D eigenvalue weighted by Gasteiger charge is 2.70. The van der Waals surface area contributed by atoms with Gasteiger partial charge >= 0.3 is 12.1 Å². The molecule has 1 aromatic rings. The zero-order valence-electron chi connectivity index (χ0n) is 26.3. The first-order chi connectivity index (χ1) is 22.2. The Hall–Kier alpha value is -3.53. The molecule has 0 heterocycles. The maximum absolute atomic E-state index is 17.2. The number of carbonyl (C=O) groups excluding carboxylic acids is 4. The molecular weight excluding hydrogens is 619 g/mol. The van der Waals surface area contributed by atoms with Crippen molar-refractivity contribution in [1.82, 2.24) is 5.39 Å². The molecule has 5 rings (SSSR count). The Morgan fingerprint density at radius 1 is 1.06 bits per heavy atom.